The van der Waals surface area contributed by atoms with Crippen LogP contribution in [0, 0.1) is 46.3 Å². The van der Waals surface area contributed by atoms with Crippen molar-refractivity contribution >= 4 is 5.97 Å². The molecule has 1 saturated heterocycles. The van der Waals surface area contributed by atoms with Gasteiger partial charge in [0, 0.05) is 6.42 Å². The Morgan fingerprint density at radius 2 is 1.74 bits per heavy atom. The van der Waals surface area contributed by atoms with E-state index in [1.54, 1.807) is 0 Å². The lowest BCUT2D eigenvalue weighted by molar-refractivity contribution is -0.148. The molecule has 5 fully saturated rings. The van der Waals surface area contributed by atoms with Gasteiger partial charge in [0.2, 0.25) is 0 Å². The molecule has 4 heteroatoms. The Labute approximate surface area is 236 Å². The highest BCUT2D eigenvalue weighted by Crippen LogP contribution is 2.69. The van der Waals surface area contributed by atoms with Gasteiger partial charge in [0.05, 0.1) is 24.4 Å². The first-order valence-electron chi connectivity index (χ1n) is 16.1. The fraction of sp³-hybridized carbons (Fsp3) is 0.800. The summed E-state index contributed by atoms with van der Waals surface area (Å²) in [6, 6.07) is 9.41. The lowest BCUT2D eigenvalue weighted by atomic mass is 9.43. The minimum Gasteiger partial charge on any atom is -0.453 e. The molecule has 0 bridgehead atoms. The molecule has 1 aliphatic heterocycles. The van der Waals surface area contributed by atoms with E-state index in [2.05, 4.69) is 27.7 Å². The number of benzene rings is 1. The number of hydrogen-bond donors (Lipinski definition) is 1. The van der Waals surface area contributed by atoms with Crippen molar-refractivity contribution in [2.24, 2.45) is 46.3 Å². The summed E-state index contributed by atoms with van der Waals surface area (Å²) in [5, 5.41) is 10.8. The molecule has 0 spiro atoms. The van der Waals surface area contributed by atoms with Gasteiger partial charge >= 0.3 is 5.97 Å². The molecule has 5 aliphatic rings. The summed E-state index contributed by atoms with van der Waals surface area (Å²) >= 11 is 0. The Morgan fingerprint density at radius 3 is 2.49 bits per heavy atom. The summed E-state index contributed by atoms with van der Waals surface area (Å²) in [6.45, 7) is 11.0. The summed E-state index contributed by atoms with van der Waals surface area (Å²) in [5.74, 6) is 4.43. The minimum atomic E-state index is -0.479. The monoisotopic (exact) mass is 536 g/mol. The second-order valence-corrected chi connectivity index (χ2v) is 15.3. The normalized spacial score (nSPS) is 46.1. The highest BCUT2D eigenvalue weighted by molar-refractivity contribution is 5.89. The van der Waals surface area contributed by atoms with E-state index in [1.807, 2.05) is 30.3 Å². The van der Waals surface area contributed by atoms with Crippen LogP contribution in [0.3, 0.4) is 0 Å². The van der Waals surface area contributed by atoms with Crippen molar-refractivity contribution < 1.29 is 19.4 Å². The molecule has 1 aromatic carbocycles. The Balaban J connectivity index is 1.12. The molecule has 1 N–H and O–H groups in total. The van der Waals surface area contributed by atoms with Crippen LogP contribution >= 0.6 is 0 Å². The van der Waals surface area contributed by atoms with E-state index in [-0.39, 0.29) is 5.97 Å². The molecule has 1 aromatic rings. The zero-order chi connectivity index (χ0) is 27.5. The summed E-state index contributed by atoms with van der Waals surface area (Å²) in [7, 11) is 0. The van der Waals surface area contributed by atoms with Gasteiger partial charge in [-0.25, -0.2) is 4.79 Å². The second-order valence-electron chi connectivity index (χ2n) is 15.3. The SMILES string of the molecule is C[C@H](CC[C@]1(OC(=O)c2ccccc2)CCOC1)[C@H]1CC[C@H]2[C@@H]3CC[C@H]4C[C@@](C)(O)CC[C@]4(C)[C@H]3CC[C@]12C. The highest BCUT2D eigenvalue weighted by Gasteiger charge is 2.61. The number of esters is 1. The van der Waals surface area contributed by atoms with E-state index in [4.69, 9.17) is 9.47 Å². The molecule has 1 heterocycles. The number of carbonyl (C=O) groups excluding carboxylic acids is 1. The van der Waals surface area contributed by atoms with Crippen molar-refractivity contribution in [2.45, 2.75) is 116 Å². The van der Waals surface area contributed by atoms with E-state index in [1.165, 1.54) is 44.9 Å². The molecule has 10 atom stereocenters. The Kier molecular flexibility index (Phi) is 7.23. The number of fused-ring (bicyclic) bond motifs is 5. The van der Waals surface area contributed by atoms with Crippen LogP contribution < -0.4 is 0 Å². The van der Waals surface area contributed by atoms with Crippen LogP contribution in [0.4, 0.5) is 0 Å². The topological polar surface area (TPSA) is 55.8 Å². The van der Waals surface area contributed by atoms with Gasteiger partial charge in [-0.05, 0) is 136 Å². The first-order chi connectivity index (χ1) is 18.6. The van der Waals surface area contributed by atoms with E-state index < -0.39 is 11.2 Å². The van der Waals surface area contributed by atoms with Crippen LogP contribution in [0.5, 0.6) is 0 Å². The van der Waals surface area contributed by atoms with Gasteiger partial charge in [0.25, 0.3) is 0 Å². The smallest absolute Gasteiger partial charge is 0.338 e. The van der Waals surface area contributed by atoms with E-state index in [9.17, 15) is 9.90 Å². The molecule has 4 nitrogen and oxygen atoms in total. The first-order valence-corrected chi connectivity index (χ1v) is 16.1. The molecular formula is C35H52O4. The zero-order valence-electron chi connectivity index (χ0n) is 24.9. The summed E-state index contributed by atoms with van der Waals surface area (Å²) in [5.41, 5.74) is 0.556. The fourth-order valence-electron chi connectivity index (χ4n) is 10.8. The van der Waals surface area contributed by atoms with Gasteiger partial charge < -0.3 is 14.6 Å². The molecule has 0 aromatic heterocycles. The van der Waals surface area contributed by atoms with Crippen molar-refractivity contribution in [1.82, 2.24) is 0 Å². The third-order valence-electron chi connectivity index (χ3n) is 13.2. The molecular weight excluding hydrogens is 484 g/mol. The highest BCUT2D eigenvalue weighted by atomic mass is 16.6. The Morgan fingerprint density at radius 1 is 0.974 bits per heavy atom. The first kappa shape index (κ1) is 27.8. The Hall–Kier alpha value is -1.39. The van der Waals surface area contributed by atoms with Crippen LogP contribution in [0.15, 0.2) is 30.3 Å². The van der Waals surface area contributed by atoms with E-state index >= 15 is 0 Å². The largest absolute Gasteiger partial charge is 0.453 e. The summed E-state index contributed by atoms with van der Waals surface area (Å²) < 4.78 is 12.0. The van der Waals surface area contributed by atoms with Crippen LogP contribution in [-0.2, 0) is 9.47 Å². The molecule has 4 aliphatic carbocycles. The predicted molar refractivity (Wildman–Crippen MR) is 154 cm³/mol. The van der Waals surface area contributed by atoms with E-state index in [0.29, 0.717) is 41.4 Å². The maximum Gasteiger partial charge on any atom is 0.338 e. The molecule has 0 unspecified atom stereocenters. The average molecular weight is 537 g/mol. The van der Waals surface area contributed by atoms with Crippen molar-refractivity contribution in [1.29, 1.82) is 0 Å². The molecule has 0 amide bonds. The molecule has 6 rings (SSSR count). The number of hydrogen-bond acceptors (Lipinski definition) is 4. The number of ether oxygens (including phenoxy) is 2. The summed E-state index contributed by atoms with van der Waals surface area (Å²) in [4.78, 5) is 12.9. The fourth-order valence-corrected chi connectivity index (χ4v) is 10.8. The van der Waals surface area contributed by atoms with Gasteiger partial charge in [-0.2, -0.15) is 0 Å². The van der Waals surface area contributed by atoms with Crippen LogP contribution in [0.2, 0.25) is 0 Å². The second kappa shape index (κ2) is 10.2. The van der Waals surface area contributed by atoms with Gasteiger partial charge in [0.15, 0.2) is 0 Å². The third kappa shape index (κ3) is 4.90. The van der Waals surface area contributed by atoms with E-state index in [0.717, 1.165) is 55.8 Å². The average Bonchev–Trinajstić information content (AvgIpc) is 3.52. The van der Waals surface area contributed by atoms with Gasteiger partial charge in [0.1, 0.15) is 5.60 Å². The molecule has 4 saturated carbocycles. The van der Waals surface area contributed by atoms with Crippen molar-refractivity contribution in [3.63, 3.8) is 0 Å². The number of aliphatic hydroxyl groups is 1. The molecule has 216 valence electrons. The quantitative estimate of drug-likeness (QED) is 0.377. The van der Waals surface area contributed by atoms with Crippen LogP contribution in [0.25, 0.3) is 0 Å². The van der Waals surface area contributed by atoms with Crippen LogP contribution in [-0.4, -0.2) is 35.5 Å². The predicted octanol–water partition coefficient (Wildman–Crippen LogP) is 7.83. The van der Waals surface area contributed by atoms with Gasteiger partial charge in [-0.3, -0.25) is 0 Å². The zero-order valence-corrected chi connectivity index (χ0v) is 24.9. The third-order valence-corrected chi connectivity index (χ3v) is 13.2. The van der Waals surface area contributed by atoms with Crippen molar-refractivity contribution in [2.75, 3.05) is 13.2 Å². The minimum absolute atomic E-state index is 0.215. The lowest BCUT2D eigenvalue weighted by Crippen LogP contribution is -2.55. The summed E-state index contributed by atoms with van der Waals surface area (Å²) in [6.07, 6.45) is 14.2. The molecule has 0 radical (unpaired) electrons. The lowest BCUT2D eigenvalue weighted by Gasteiger charge is -2.62. The maximum absolute atomic E-state index is 12.9. The number of carbonyl (C=O) groups is 1. The standard InChI is InChI=1S/C35H52O4/c1-24(14-17-35(20-21-38-23-35)39-31(36)25-8-6-5-7-9-25)28-12-13-29-27-11-10-26-22-32(2,37)18-19-33(26,3)30(27)15-16-34(28,29)4/h5-9,24,26-30,37H,10-23H2,1-4H3/t24-,26+,27+,28-,29+,30+,32+,33+,34-,35+/m1/s1. The Bertz CT molecular complexity index is 1030. The number of rotatable bonds is 6. The maximum atomic E-state index is 12.9. The van der Waals surface area contributed by atoms with Crippen LogP contribution in [0.1, 0.15) is 115 Å². The van der Waals surface area contributed by atoms with Crippen molar-refractivity contribution in [3.05, 3.63) is 35.9 Å². The molecule has 39 heavy (non-hydrogen) atoms. The van der Waals surface area contributed by atoms with Gasteiger partial charge in [-0.1, -0.05) is 39.0 Å². The van der Waals surface area contributed by atoms with Gasteiger partial charge in [-0.15, -0.1) is 0 Å². The van der Waals surface area contributed by atoms with Crippen molar-refractivity contribution in [3.8, 4) is 0 Å².